The highest BCUT2D eigenvalue weighted by Gasteiger charge is 2.44. The molecule has 0 heterocycles. The second-order valence-corrected chi connectivity index (χ2v) is 6.21. The lowest BCUT2D eigenvalue weighted by atomic mass is 9.86. The van der Waals surface area contributed by atoms with Gasteiger partial charge >= 0.3 is 0 Å². The summed E-state index contributed by atoms with van der Waals surface area (Å²) in [6, 6.07) is 0. The average Bonchev–Trinajstić information content (AvgIpc) is 2.31. The van der Waals surface area contributed by atoms with Crippen LogP contribution >= 0.6 is 11.8 Å². The van der Waals surface area contributed by atoms with Gasteiger partial charge in [0.15, 0.2) is 5.17 Å². The van der Waals surface area contributed by atoms with Gasteiger partial charge in [0.1, 0.15) is 4.75 Å². The lowest BCUT2D eigenvalue weighted by Gasteiger charge is -2.37. The Hall–Kier alpha value is -1.04. The molecule has 3 N–H and O–H groups in total. The predicted molar refractivity (Wildman–Crippen MR) is 79.9 cm³/mol. The third-order valence-corrected chi connectivity index (χ3v) is 4.58. The Morgan fingerprint density at radius 1 is 1.58 bits per heavy atom. The fraction of sp³-hybridized carbons (Fsp3) is 0.692. The Labute approximate surface area is 119 Å². The summed E-state index contributed by atoms with van der Waals surface area (Å²) in [5, 5.41) is 7.39. The highest BCUT2D eigenvalue weighted by atomic mass is 32.2. The zero-order valence-electron chi connectivity index (χ0n) is 12.3. The second kappa shape index (κ2) is 7.53. The zero-order valence-corrected chi connectivity index (χ0v) is 13.1. The molecule has 0 spiro atoms. The number of allylic oxidation sites excluding steroid dienone is 2. The minimum atomic E-state index is -0.818. The summed E-state index contributed by atoms with van der Waals surface area (Å²) in [5.41, 5.74) is 5.47. The van der Waals surface area contributed by atoms with Crippen LogP contribution in [0.25, 0.3) is 0 Å². The molecular weight excluding hydrogens is 265 g/mol. The number of amidine groups is 1. The van der Waals surface area contributed by atoms with Gasteiger partial charge in [0.2, 0.25) is 5.91 Å². The number of carbonyl (C=O) groups excluding carboxylic acids is 1. The average molecular weight is 289 g/mol. The van der Waals surface area contributed by atoms with Crippen LogP contribution in [0, 0.1) is 11.3 Å². The Morgan fingerprint density at radius 2 is 2.11 bits per heavy atom. The summed E-state index contributed by atoms with van der Waals surface area (Å²) >= 11 is 1.06. The van der Waals surface area contributed by atoms with Crippen molar-refractivity contribution in [2.75, 3.05) is 14.1 Å². The van der Waals surface area contributed by atoms with Crippen molar-refractivity contribution in [2.45, 2.75) is 38.4 Å². The van der Waals surface area contributed by atoms with Crippen LogP contribution in [-0.2, 0) is 4.79 Å². The predicted octanol–water partition coefficient (Wildman–Crippen LogP) is 2.75. The molecule has 0 aliphatic heterocycles. The van der Waals surface area contributed by atoms with E-state index in [4.69, 9.17) is 11.1 Å². The van der Waals surface area contributed by atoms with Crippen LogP contribution in [-0.4, -0.2) is 34.8 Å². The molecule has 0 saturated heterocycles. The monoisotopic (exact) mass is 289 g/mol. The molecule has 4 nitrogen and oxygen atoms in total. The van der Waals surface area contributed by atoms with E-state index in [1.165, 1.54) is 17.9 Å². The highest BCUT2D eigenvalue weighted by molar-refractivity contribution is 8.15. The van der Waals surface area contributed by atoms with Crippen molar-refractivity contribution < 1.29 is 9.18 Å². The van der Waals surface area contributed by atoms with Crippen LogP contribution in [0.1, 0.15) is 33.6 Å². The molecule has 0 rings (SSSR count). The molecule has 2 atom stereocenters. The van der Waals surface area contributed by atoms with Gasteiger partial charge < -0.3 is 10.6 Å². The van der Waals surface area contributed by atoms with Crippen LogP contribution in [0.3, 0.4) is 0 Å². The van der Waals surface area contributed by atoms with Crippen LogP contribution < -0.4 is 5.73 Å². The van der Waals surface area contributed by atoms with Crippen LogP contribution in [0.15, 0.2) is 11.9 Å². The summed E-state index contributed by atoms with van der Waals surface area (Å²) in [6.07, 6.45) is 2.45. The van der Waals surface area contributed by atoms with Crippen molar-refractivity contribution in [3.63, 3.8) is 0 Å². The number of rotatable bonds is 6. The minimum Gasteiger partial charge on any atom is -0.379 e. The molecule has 0 aromatic carbocycles. The third kappa shape index (κ3) is 4.86. The maximum atomic E-state index is 12.9. The number of carbonyl (C=O) groups is 1. The Balaban J connectivity index is 5.39. The van der Waals surface area contributed by atoms with Gasteiger partial charge in [-0.05, 0) is 25.7 Å². The number of hydrogen-bond donors (Lipinski definition) is 2. The molecule has 19 heavy (non-hydrogen) atoms. The van der Waals surface area contributed by atoms with Crippen LogP contribution in [0.5, 0.6) is 0 Å². The lowest BCUT2D eigenvalue weighted by molar-refractivity contribution is -0.132. The van der Waals surface area contributed by atoms with Crippen molar-refractivity contribution in [2.24, 2.45) is 11.7 Å². The SMILES string of the molecule is CCC(SC(=N)N)(C(=O)N(C)C)C(C)C/C=C(\C)F. The van der Waals surface area contributed by atoms with Crippen LogP contribution in [0.2, 0.25) is 0 Å². The Morgan fingerprint density at radius 3 is 2.42 bits per heavy atom. The van der Waals surface area contributed by atoms with E-state index in [1.807, 2.05) is 13.8 Å². The number of amides is 1. The summed E-state index contributed by atoms with van der Waals surface area (Å²) in [4.78, 5) is 14.0. The van der Waals surface area contributed by atoms with Gasteiger partial charge in [-0.3, -0.25) is 10.2 Å². The molecular formula is C13H24FN3OS. The van der Waals surface area contributed by atoms with E-state index in [0.717, 1.165) is 11.8 Å². The van der Waals surface area contributed by atoms with Crippen molar-refractivity contribution in [3.05, 3.63) is 11.9 Å². The van der Waals surface area contributed by atoms with Crippen molar-refractivity contribution in [3.8, 4) is 0 Å². The van der Waals surface area contributed by atoms with E-state index < -0.39 is 4.75 Å². The number of nitrogens with zero attached hydrogens (tertiary/aromatic N) is 1. The van der Waals surface area contributed by atoms with E-state index in [1.54, 1.807) is 14.1 Å². The van der Waals surface area contributed by atoms with Gasteiger partial charge in [0, 0.05) is 14.1 Å². The van der Waals surface area contributed by atoms with E-state index >= 15 is 0 Å². The van der Waals surface area contributed by atoms with E-state index in [-0.39, 0.29) is 22.8 Å². The fourth-order valence-corrected chi connectivity index (χ4v) is 3.14. The lowest BCUT2D eigenvalue weighted by Crippen LogP contribution is -2.49. The number of halogens is 1. The molecule has 6 heteroatoms. The van der Waals surface area contributed by atoms with E-state index in [2.05, 4.69) is 0 Å². The summed E-state index contributed by atoms with van der Waals surface area (Å²) < 4.78 is 12.0. The third-order valence-electron chi connectivity index (χ3n) is 3.13. The van der Waals surface area contributed by atoms with Crippen molar-refractivity contribution >= 4 is 22.8 Å². The topological polar surface area (TPSA) is 70.2 Å². The first-order valence-corrected chi connectivity index (χ1v) is 7.06. The van der Waals surface area contributed by atoms with E-state index in [9.17, 15) is 9.18 Å². The molecule has 0 saturated carbocycles. The molecule has 0 radical (unpaired) electrons. The summed E-state index contributed by atoms with van der Waals surface area (Å²) in [5.74, 6) is -0.471. The molecule has 2 unspecified atom stereocenters. The molecule has 0 aliphatic carbocycles. The van der Waals surface area contributed by atoms with Gasteiger partial charge in [-0.1, -0.05) is 31.7 Å². The number of thioether (sulfide) groups is 1. The summed E-state index contributed by atoms with van der Waals surface area (Å²) in [6.45, 7) is 5.16. The number of nitrogens with two attached hydrogens (primary N) is 1. The second-order valence-electron chi connectivity index (χ2n) is 4.84. The number of nitrogens with one attached hydrogen (secondary N) is 1. The molecule has 0 aliphatic rings. The Kier molecular flexibility index (Phi) is 7.11. The maximum Gasteiger partial charge on any atom is 0.239 e. The first kappa shape index (κ1) is 18.0. The molecule has 0 fully saturated rings. The Bertz CT molecular complexity index is 367. The van der Waals surface area contributed by atoms with Gasteiger partial charge in [-0.15, -0.1) is 0 Å². The minimum absolute atomic E-state index is 0.0902. The smallest absolute Gasteiger partial charge is 0.239 e. The van der Waals surface area contributed by atoms with E-state index in [0.29, 0.717) is 12.8 Å². The quantitative estimate of drug-likeness (QED) is 0.583. The standard InChI is InChI=1S/C13H24FN3OS/c1-6-13(19-12(15)16,11(18)17(4)5)9(2)7-8-10(3)14/h8-9H,6-7H2,1-5H3,(H3,15,16)/b10-8+. The molecule has 0 aromatic heterocycles. The number of hydrogen-bond acceptors (Lipinski definition) is 3. The van der Waals surface area contributed by atoms with Crippen molar-refractivity contribution in [1.29, 1.82) is 5.41 Å². The largest absolute Gasteiger partial charge is 0.379 e. The normalized spacial score (nSPS) is 16.6. The molecule has 0 bridgehead atoms. The van der Waals surface area contributed by atoms with Crippen molar-refractivity contribution in [1.82, 2.24) is 4.90 Å². The van der Waals surface area contributed by atoms with Gasteiger partial charge in [0.25, 0.3) is 0 Å². The molecule has 110 valence electrons. The van der Waals surface area contributed by atoms with Gasteiger partial charge in [0.05, 0.1) is 5.83 Å². The molecule has 0 aromatic rings. The maximum absolute atomic E-state index is 12.9. The van der Waals surface area contributed by atoms with Gasteiger partial charge in [-0.25, -0.2) is 4.39 Å². The summed E-state index contributed by atoms with van der Waals surface area (Å²) in [7, 11) is 3.35. The first-order chi connectivity index (χ1) is 8.67. The first-order valence-electron chi connectivity index (χ1n) is 6.24. The van der Waals surface area contributed by atoms with Gasteiger partial charge in [-0.2, -0.15) is 0 Å². The fourth-order valence-electron chi connectivity index (χ4n) is 2.03. The highest BCUT2D eigenvalue weighted by Crippen LogP contribution is 2.40. The molecule has 1 amide bonds. The van der Waals surface area contributed by atoms with Crippen LogP contribution in [0.4, 0.5) is 4.39 Å². The zero-order chi connectivity index (χ0) is 15.2.